The summed E-state index contributed by atoms with van der Waals surface area (Å²) in [6.07, 6.45) is 1.84. The highest BCUT2D eigenvalue weighted by molar-refractivity contribution is 14.1. The number of hydrogen-bond donors (Lipinski definition) is 1. The van der Waals surface area contributed by atoms with Crippen molar-refractivity contribution in [2.45, 2.75) is 0 Å². The summed E-state index contributed by atoms with van der Waals surface area (Å²) in [5.74, 6) is -0.127. The van der Waals surface area contributed by atoms with Crippen LogP contribution in [0, 0.1) is 3.57 Å². The van der Waals surface area contributed by atoms with E-state index in [1.165, 1.54) is 0 Å². The second kappa shape index (κ2) is 5.10. The number of anilines is 1. The van der Waals surface area contributed by atoms with Crippen molar-refractivity contribution in [2.24, 2.45) is 7.05 Å². The van der Waals surface area contributed by atoms with Crippen LogP contribution in [0.1, 0.15) is 10.5 Å². The Morgan fingerprint density at radius 1 is 1.41 bits per heavy atom. The van der Waals surface area contributed by atoms with Crippen molar-refractivity contribution in [1.82, 2.24) is 4.57 Å². The number of nitrogens with zero attached hydrogens (tertiary/aromatic N) is 1. The van der Waals surface area contributed by atoms with Crippen molar-refractivity contribution in [1.29, 1.82) is 0 Å². The molecule has 17 heavy (non-hydrogen) atoms. The van der Waals surface area contributed by atoms with Gasteiger partial charge >= 0.3 is 0 Å². The van der Waals surface area contributed by atoms with E-state index in [9.17, 15) is 4.79 Å². The summed E-state index contributed by atoms with van der Waals surface area (Å²) in [5.41, 5.74) is 1.39. The highest BCUT2D eigenvalue weighted by Gasteiger charge is 2.10. The van der Waals surface area contributed by atoms with E-state index in [4.69, 9.17) is 11.6 Å². The molecule has 1 aromatic carbocycles. The molecular formula is C12H10ClIN2O. The Labute approximate surface area is 118 Å². The summed E-state index contributed by atoms with van der Waals surface area (Å²) >= 11 is 8.00. The van der Waals surface area contributed by atoms with E-state index in [-0.39, 0.29) is 5.91 Å². The fourth-order valence-corrected chi connectivity index (χ4v) is 2.48. The van der Waals surface area contributed by atoms with Crippen LogP contribution in [0.15, 0.2) is 36.5 Å². The molecule has 0 aliphatic heterocycles. The van der Waals surface area contributed by atoms with E-state index in [1.54, 1.807) is 22.8 Å². The monoisotopic (exact) mass is 360 g/mol. The van der Waals surface area contributed by atoms with E-state index in [1.807, 2.05) is 25.4 Å². The highest BCUT2D eigenvalue weighted by Crippen LogP contribution is 2.22. The van der Waals surface area contributed by atoms with Crippen LogP contribution in [0.25, 0.3) is 0 Å². The number of carbonyl (C=O) groups excluding carboxylic acids is 1. The molecule has 0 spiro atoms. The lowest BCUT2D eigenvalue weighted by Crippen LogP contribution is -2.15. The molecule has 0 bridgehead atoms. The zero-order valence-corrected chi connectivity index (χ0v) is 12.0. The highest BCUT2D eigenvalue weighted by atomic mass is 127. The Balaban J connectivity index is 2.22. The lowest BCUT2D eigenvalue weighted by molar-refractivity contribution is 0.101. The summed E-state index contributed by atoms with van der Waals surface area (Å²) < 4.78 is 2.69. The third kappa shape index (κ3) is 2.81. The first-order valence-corrected chi connectivity index (χ1v) is 6.41. The number of carbonyl (C=O) groups is 1. The summed E-state index contributed by atoms with van der Waals surface area (Å²) in [6.45, 7) is 0. The third-order valence-electron chi connectivity index (χ3n) is 2.36. The molecule has 2 rings (SSSR count). The van der Waals surface area contributed by atoms with E-state index >= 15 is 0 Å². The Kier molecular flexibility index (Phi) is 3.73. The van der Waals surface area contributed by atoms with Crippen LogP contribution in [0.5, 0.6) is 0 Å². The Morgan fingerprint density at radius 3 is 2.76 bits per heavy atom. The molecule has 0 aliphatic carbocycles. The molecule has 1 aromatic heterocycles. The predicted molar refractivity (Wildman–Crippen MR) is 77.5 cm³/mol. The van der Waals surface area contributed by atoms with Crippen molar-refractivity contribution < 1.29 is 4.79 Å². The molecule has 1 heterocycles. The van der Waals surface area contributed by atoms with Crippen LogP contribution < -0.4 is 5.32 Å². The quantitative estimate of drug-likeness (QED) is 0.817. The molecule has 0 saturated heterocycles. The van der Waals surface area contributed by atoms with E-state index in [0.29, 0.717) is 10.7 Å². The number of aryl methyl sites for hydroxylation is 1. The van der Waals surface area contributed by atoms with Gasteiger partial charge in [0.2, 0.25) is 0 Å². The summed E-state index contributed by atoms with van der Waals surface area (Å²) in [7, 11) is 1.84. The average molecular weight is 361 g/mol. The van der Waals surface area contributed by atoms with E-state index in [2.05, 4.69) is 27.9 Å². The zero-order valence-electron chi connectivity index (χ0n) is 9.08. The minimum absolute atomic E-state index is 0.127. The number of rotatable bonds is 2. The molecule has 0 atom stereocenters. The van der Waals surface area contributed by atoms with Crippen molar-refractivity contribution in [3.63, 3.8) is 0 Å². The Morgan fingerprint density at radius 2 is 2.18 bits per heavy atom. The molecule has 0 fully saturated rings. The van der Waals surface area contributed by atoms with Crippen molar-refractivity contribution >= 4 is 45.8 Å². The molecule has 5 heteroatoms. The van der Waals surface area contributed by atoms with Crippen molar-refractivity contribution in [2.75, 3.05) is 5.32 Å². The lowest BCUT2D eigenvalue weighted by atomic mass is 10.3. The molecule has 1 amide bonds. The van der Waals surface area contributed by atoms with Gasteiger partial charge in [0.1, 0.15) is 5.69 Å². The van der Waals surface area contributed by atoms with Crippen LogP contribution in [0.3, 0.4) is 0 Å². The molecule has 88 valence electrons. The van der Waals surface area contributed by atoms with Gasteiger partial charge in [0, 0.05) is 21.8 Å². The van der Waals surface area contributed by atoms with Gasteiger partial charge in [-0.1, -0.05) is 11.6 Å². The van der Waals surface area contributed by atoms with E-state index < -0.39 is 0 Å². The fraction of sp³-hybridized carbons (Fsp3) is 0.0833. The van der Waals surface area contributed by atoms with Crippen LogP contribution in [-0.4, -0.2) is 10.5 Å². The van der Waals surface area contributed by atoms with Gasteiger partial charge in [-0.15, -0.1) is 0 Å². The van der Waals surface area contributed by atoms with Crippen LogP contribution in [0.2, 0.25) is 5.02 Å². The van der Waals surface area contributed by atoms with Crippen LogP contribution in [0.4, 0.5) is 5.69 Å². The first kappa shape index (κ1) is 12.4. The van der Waals surface area contributed by atoms with Crippen molar-refractivity contribution in [3.05, 3.63) is 50.8 Å². The Bertz CT molecular complexity index is 565. The third-order valence-corrected chi connectivity index (χ3v) is 3.48. The lowest BCUT2D eigenvalue weighted by Gasteiger charge is -2.08. The topological polar surface area (TPSA) is 34.0 Å². The molecular weight excluding hydrogens is 351 g/mol. The molecule has 2 aromatic rings. The number of aromatic nitrogens is 1. The number of nitrogens with one attached hydrogen (secondary N) is 1. The van der Waals surface area contributed by atoms with Gasteiger partial charge in [-0.25, -0.2) is 0 Å². The van der Waals surface area contributed by atoms with Gasteiger partial charge in [0.25, 0.3) is 5.91 Å². The molecule has 0 radical (unpaired) electrons. The summed E-state index contributed by atoms with van der Waals surface area (Å²) in [4.78, 5) is 12.0. The maximum absolute atomic E-state index is 12.0. The van der Waals surface area contributed by atoms with Gasteiger partial charge in [-0.2, -0.15) is 0 Å². The maximum Gasteiger partial charge on any atom is 0.272 e. The normalized spacial score (nSPS) is 10.3. The van der Waals surface area contributed by atoms with Gasteiger partial charge < -0.3 is 9.88 Å². The van der Waals surface area contributed by atoms with Crippen LogP contribution >= 0.6 is 34.2 Å². The molecule has 0 aliphatic rings. The second-order valence-corrected chi connectivity index (χ2v) is 5.18. The maximum atomic E-state index is 12.0. The largest absolute Gasteiger partial charge is 0.347 e. The summed E-state index contributed by atoms with van der Waals surface area (Å²) in [5, 5.41) is 3.51. The first-order chi connectivity index (χ1) is 8.08. The van der Waals surface area contributed by atoms with Gasteiger partial charge in [-0.3, -0.25) is 4.79 Å². The predicted octanol–water partition coefficient (Wildman–Crippen LogP) is 3.54. The van der Waals surface area contributed by atoms with Gasteiger partial charge in [-0.05, 0) is 52.9 Å². The molecule has 3 nitrogen and oxygen atoms in total. The molecule has 0 unspecified atom stereocenters. The number of benzene rings is 1. The molecule has 1 N–H and O–H groups in total. The van der Waals surface area contributed by atoms with Crippen molar-refractivity contribution in [3.8, 4) is 0 Å². The first-order valence-electron chi connectivity index (χ1n) is 4.95. The number of amides is 1. The minimum Gasteiger partial charge on any atom is -0.347 e. The fourth-order valence-electron chi connectivity index (χ4n) is 1.47. The second-order valence-electron chi connectivity index (χ2n) is 3.58. The average Bonchev–Trinajstić information content (AvgIpc) is 2.68. The Hall–Kier alpha value is -1.01. The number of hydrogen-bond acceptors (Lipinski definition) is 1. The standard InChI is InChI=1S/C12H10ClIN2O/c1-16-6-2-3-11(16)12(17)15-10-5-4-8(13)7-9(10)14/h2-7H,1H3,(H,15,17). The van der Waals surface area contributed by atoms with Gasteiger partial charge in [0.15, 0.2) is 0 Å². The number of halogens is 2. The summed E-state index contributed by atoms with van der Waals surface area (Å²) in [6, 6.07) is 8.97. The SMILES string of the molecule is Cn1cccc1C(=O)Nc1ccc(Cl)cc1I. The van der Waals surface area contributed by atoms with Crippen LogP contribution in [-0.2, 0) is 7.05 Å². The smallest absolute Gasteiger partial charge is 0.272 e. The minimum atomic E-state index is -0.127. The molecule has 0 saturated carbocycles. The van der Waals surface area contributed by atoms with Gasteiger partial charge in [0.05, 0.1) is 5.69 Å². The van der Waals surface area contributed by atoms with E-state index in [0.717, 1.165) is 9.26 Å². The zero-order chi connectivity index (χ0) is 12.4.